The van der Waals surface area contributed by atoms with E-state index >= 15 is 0 Å². The van der Waals surface area contributed by atoms with Gasteiger partial charge >= 0.3 is 5.97 Å². The number of carboxylic acid groups (broad SMARTS) is 1. The van der Waals surface area contributed by atoms with Crippen LogP contribution in [0.15, 0.2) is 18.2 Å². The van der Waals surface area contributed by atoms with Crippen LogP contribution in [-0.2, 0) is 11.3 Å². The van der Waals surface area contributed by atoms with E-state index < -0.39 is 12.1 Å². The summed E-state index contributed by atoms with van der Waals surface area (Å²) in [6.07, 6.45) is 0.428. The number of nitrogens with one attached hydrogen (secondary N) is 1. The molecule has 0 amide bonds. The van der Waals surface area contributed by atoms with E-state index in [0.29, 0.717) is 23.7 Å². The Morgan fingerprint density at radius 3 is 2.79 bits per heavy atom. The van der Waals surface area contributed by atoms with E-state index in [1.54, 1.807) is 18.2 Å². The summed E-state index contributed by atoms with van der Waals surface area (Å²) in [4.78, 5) is 11.1. The van der Waals surface area contributed by atoms with Gasteiger partial charge in [-0.25, -0.2) is 4.79 Å². The SMILES string of the molecule is CCCC(Oc1ccc(Cl)cc1CNCC)C(=O)O. The Balaban J connectivity index is 2.88. The fourth-order valence-electron chi connectivity index (χ4n) is 1.71. The molecule has 0 fully saturated rings. The normalized spacial score (nSPS) is 12.2. The molecule has 0 heterocycles. The summed E-state index contributed by atoms with van der Waals surface area (Å²) in [5.74, 6) is -0.364. The van der Waals surface area contributed by atoms with E-state index in [1.165, 1.54) is 0 Å². The van der Waals surface area contributed by atoms with Gasteiger partial charge in [-0.15, -0.1) is 0 Å². The molecule has 0 aliphatic rings. The minimum atomic E-state index is -0.939. The fraction of sp³-hybridized carbons (Fsp3) is 0.500. The molecule has 0 bridgehead atoms. The molecule has 0 aliphatic heterocycles. The van der Waals surface area contributed by atoms with Crippen LogP contribution in [0.1, 0.15) is 32.3 Å². The average molecular weight is 286 g/mol. The predicted molar refractivity (Wildman–Crippen MR) is 75.8 cm³/mol. The second kappa shape index (κ2) is 8.02. The minimum absolute atomic E-state index is 0.485. The van der Waals surface area contributed by atoms with Crippen LogP contribution in [0, 0.1) is 0 Å². The molecule has 106 valence electrons. The van der Waals surface area contributed by atoms with Gasteiger partial charge in [0.05, 0.1) is 0 Å². The van der Waals surface area contributed by atoms with Crippen molar-refractivity contribution < 1.29 is 14.6 Å². The zero-order valence-electron chi connectivity index (χ0n) is 11.3. The van der Waals surface area contributed by atoms with Crippen molar-refractivity contribution in [2.75, 3.05) is 6.54 Å². The van der Waals surface area contributed by atoms with Crippen molar-refractivity contribution in [1.29, 1.82) is 0 Å². The molecule has 5 heteroatoms. The Kier molecular flexibility index (Phi) is 6.67. The Morgan fingerprint density at radius 1 is 1.47 bits per heavy atom. The van der Waals surface area contributed by atoms with Crippen molar-refractivity contribution in [2.24, 2.45) is 0 Å². The van der Waals surface area contributed by atoms with E-state index in [0.717, 1.165) is 18.5 Å². The largest absolute Gasteiger partial charge is 0.479 e. The molecule has 0 aromatic heterocycles. The lowest BCUT2D eigenvalue weighted by Gasteiger charge is -2.17. The molecule has 0 spiro atoms. The van der Waals surface area contributed by atoms with Gasteiger partial charge in [0.1, 0.15) is 5.75 Å². The summed E-state index contributed by atoms with van der Waals surface area (Å²) in [6.45, 7) is 5.36. The summed E-state index contributed by atoms with van der Waals surface area (Å²) >= 11 is 5.96. The van der Waals surface area contributed by atoms with Gasteiger partial charge in [0.2, 0.25) is 0 Å². The highest BCUT2D eigenvalue weighted by molar-refractivity contribution is 6.30. The summed E-state index contributed by atoms with van der Waals surface area (Å²) in [7, 11) is 0. The van der Waals surface area contributed by atoms with E-state index in [-0.39, 0.29) is 0 Å². The van der Waals surface area contributed by atoms with Gasteiger partial charge in [0, 0.05) is 17.1 Å². The van der Waals surface area contributed by atoms with Crippen molar-refractivity contribution >= 4 is 17.6 Å². The lowest BCUT2D eigenvalue weighted by Crippen LogP contribution is -2.27. The van der Waals surface area contributed by atoms with Crippen molar-refractivity contribution in [3.63, 3.8) is 0 Å². The number of hydrogen-bond acceptors (Lipinski definition) is 3. The molecule has 0 radical (unpaired) electrons. The lowest BCUT2D eigenvalue weighted by atomic mass is 10.1. The van der Waals surface area contributed by atoms with Gasteiger partial charge in [0.15, 0.2) is 6.10 Å². The van der Waals surface area contributed by atoms with Crippen molar-refractivity contribution in [2.45, 2.75) is 39.3 Å². The molecule has 0 aliphatic carbocycles. The van der Waals surface area contributed by atoms with Crippen molar-refractivity contribution in [3.8, 4) is 5.75 Å². The number of aliphatic carboxylic acids is 1. The van der Waals surface area contributed by atoms with Gasteiger partial charge in [0.25, 0.3) is 0 Å². The van der Waals surface area contributed by atoms with E-state index in [1.807, 2.05) is 13.8 Å². The number of carboxylic acids is 1. The van der Waals surface area contributed by atoms with E-state index in [2.05, 4.69) is 5.32 Å². The number of rotatable bonds is 8. The van der Waals surface area contributed by atoms with Crippen LogP contribution >= 0.6 is 11.6 Å². The number of carbonyl (C=O) groups is 1. The number of hydrogen-bond donors (Lipinski definition) is 2. The summed E-state index contributed by atoms with van der Waals surface area (Å²) in [5, 5.41) is 12.9. The smallest absolute Gasteiger partial charge is 0.344 e. The van der Waals surface area contributed by atoms with Crippen LogP contribution in [0.4, 0.5) is 0 Å². The Morgan fingerprint density at radius 2 is 2.21 bits per heavy atom. The third-order valence-electron chi connectivity index (χ3n) is 2.68. The topological polar surface area (TPSA) is 58.6 Å². The van der Waals surface area contributed by atoms with Gasteiger partial charge in [-0.2, -0.15) is 0 Å². The Labute approximate surface area is 118 Å². The van der Waals surface area contributed by atoms with Crippen LogP contribution in [0.5, 0.6) is 5.75 Å². The fourth-order valence-corrected chi connectivity index (χ4v) is 1.90. The van der Waals surface area contributed by atoms with Crippen molar-refractivity contribution in [1.82, 2.24) is 5.32 Å². The van der Waals surface area contributed by atoms with Crippen LogP contribution in [0.2, 0.25) is 5.02 Å². The average Bonchev–Trinajstić information content (AvgIpc) is 2.37. The Bertz CT molecular complexity index is 423. The first-order valence-electron chi connectivity index (χ1n) is 6.47. The molecule has 2 N–H and O–H groups in total. The number of benzene rings is 1. The highest BCUT2D eigenvalue weighted by atomic mass is 35.5. The lowest BCUT2D eigenvalue weighted by molar-refractivity contribution is -0.145. The predicted octanol–water partition coefficient (Wildman–Crippen LogP) is 3.08. The highest BCUT2D eigenvalue weighted by Crippen LogP contribution is 2.24. The summed E-state index contributed by atoms with van der Waals surface area (Å²) in [5.41, 5.74) is 0.872. The molecule has 0 saturated heterocycles. The third-order valence-corrected chi connectivity index (χ3v) is 2.92. The minimum Gasteiger partial charge on any atom is -0.479 e. The maximum Gasteiger partial charge on any atom is 0.344 e. The highest BCUT2D eigenvalue weighted by Gasteiger charge is 2.19. The Hall–Kier alpha value is -1.26. The monoisotopic (exact) mass is 285 g/mol. The molecule has 4 nitrogen and oxygen atoms in total. The maximum atomic E-state index is 11.1. The second-order valence-corrected chi connectivity index (χ2v) is 4.70. The van der Waals surface area contributed by atoms with Gasteiger partial charge in [-0.1, -0.05) is 31.9 Å². The molecular weight excluding hydrogens is 266 g/mol. The first kappa shape index (κ1) is 15.8. The zero-order chi connectivity index (χ0) is 14.3. The molecule has 1 unspecified atom stereocenters. The zero-order valence-corrected chi connectivity index (χ0v) is 12.0. The molecule has 0 saturated carbocycles. The maximum absolute atomic E-state index is 11.1. The molecule has 1 rings (SSSR count). The van der Waals surface area contributed by atoms with Crippen LogP contribution < -0.4 is 10.1 Å². The first-order valence-corrected chi connectivity index (χ1v) is 6.84. The van der Waals surface area contributed by atoms with Crippen LogP contribution in [0.25, 0.3) is 0 Å². The molecule has 1 aromatic carbocycles. The van der Waals surface area contributed by atoms with Crippen LogP contribution in [0.3, 0.4) is 0 Å². The second-order valence-electron chi connectivity index (χ2n) is 4.27. The van der Waals surface area contributed by atoms with Gasteiger partial charge in [-0.3, -0.25) is 0 Å². The quantitative estimate of drug-likeness (QED) is 0.771. The molecular formula is C14H20ClNO3. The van der Waals surface area contributed by atoms with Crippen LogP contribution in [-0.4, -0.2) is 23.7 Å². The molecule has 1 atom stereocenters. The number of ether oxygens (including phenoxy) is 1. The number of halogens is 1. The summed E-state index contributed by atoms with van der Waals surface area (Å²) < 4.78 is 5.60. The summed E-state index contributed by atoms with van der Waals surface area (Å²) in [6, 6.07) is 5.22. The third kappa shape index (κ3) is 5.09. The standard InChI is InChI=1S/C14H20ClNO3/c1-3-5-13(14(17)18)19-12-7-6-11(15)8-10(12)9-16-4-2/h6-8,13,16H,3-5,9H2,1-2H3,(H,17,18). The van der Waals surface area contributed by atoms with E-state index in [9.17, 15) is 4.79 Å². The molecule has 1 aromatic rings. The first-order chi connectivity index (χ1) is 9.08. The van der Waals surface area contributed by atoms with E-state index in [4.69, 9.17) is 21.4 Å². The van der Waals surface area contributed by atoms with Gasteiger partial charge in [-0.05, 0) is 31.2 Å². The molecule has 19 heavy (non-hydrogen) atoms. The van der Waals surface area contributed by atoms with Crippen molar-refractivity contribution in [3.05, 3.63) is 28.8 Å². The van der Waals surface area contributed by atoms with Gasteiger partial charge < -0.3 is 15.2 Å².